The van der Waals surface area contributed by atoms with Crippen molar-refractivity contribution >= 4 is 59.0 Å². The summed E-state index contributed by atoms with van der Waals surface area (Å²) in [6.45, 7) is 8.80. The average molecular weight is 1260 g/mol. The number of aliphatic hydroxyl groups is 7. The highest BCUT2D eigenvalue weighted by molar-refractivity contribution is 8.00. The molecule has 3 fully saturated rings. The molecule has 2 unspecified atom stereocenters. The number of thioether (sulfide) groups is 1. The topological polar surface area (TPSA) is 400 Å². The second kappa shape index (κ2) is 33.8. The number of amides is 8. The average Bonchev–Trinajstić information content (AvgIpc) is 2.15. The molecule has 3 aliphatic rings. The molecule has 0 spiro atoms. The van der Waals surface area contributed by atoms with Crippen LogP contribution in [-0.2, 0) is 38.4 Å². The van der Waals surface area contributed by atoms with Gasteiger partial charge in [0.05, 0.1) is 36.9 Å². The lowest BCUT2D eigenvalue weighted by atomic mass is 9.91. The molecule has 26 heteroatoms. The fourth-order valence-electron chi connectivity index (χ4n) is 11.4. The minimum atomic E-state index is -2.37. The number of phenolic OH excluding ortho intramolecular Hbond substituents is 1. The Balaban J connectivity index is 1.38. The third-order valence-corrected chi connectivity index (χ3v) is 17.9. The molecule has 0 bridgehead atoms. The van der Waals surface area contributed by atoms with Crippen molar-refractivity contribution in [2.45, 2.75) is 214 Å². The van der Waals surface area contributed by atoms with Crippen LogP contribution in [0.1, 0.15) is 135 Å². The first-order chi connectivity index (χ1) is 42.2. The van der Waals surface area contributed by atoms with E-state index in [9.17, 15) is 79.2 Å². The Morgan fingerprint density at radius 1 is 0.697 bits per heavy atom. The number of carbonyl (C=O) groups is 8. The number of aryl methyl sites for hydroxylation is 1. The second-order valence-corrected chi connectivity index (χ2v) is 25.3. The monoisotopic (exact) mass is 1260 g/mol. The van der Waals surface area contributed by atoms with Gasteiger partial charge >= 0.3 is 0 Å². The van der Waals surface area contributed by atoms with Crippen molar-refractivity contribution in [3.05, 3.63) is 83.9 Å². The Morgan fingerprint density at radius 3 is 1.92 bits per heavy atom. The number of fused-ring (bicyclic) bond motifs is 2. The van der Waals surface area contributed by atoms with Gasteiger partial charge in [-0.3, -0.25) is 38.4 Å². The standard InChI is InChI=1S/C63H90N8O17S/c1-6-34(2)29-36(4)13-11-9-7-8-10-12-14-50(79)65-44-31-48(77)61(89-43-25-23-42(24-26-43)88-41-21-15-35(3)16-22-41)69-60(85)54-46(75)27-28-70(54)63(87)52(47(76)32-49(64)78)67-59(84)53(56(81)55(80)38-17-19-39(73)20-18-38)68-58(83)45-30-40(74)33-71(45)62(86)51(37(5)72)66-57(44)82/h15-26,34,36-37,40,44-48,51-56,61,72-77,80-81H,6-14,27-33H2,1-5H3,(H2,64,78)(H,65,79)(H,66,82)(H,67,84)(H,68,83)(H,69,85)/t34?,36?,37-,40-,44+,45+,46+,47-,48-,51+,52+,53+,54+,55+,56+,61-/m1/s1. The molecule has 3 aromatic rings. The van der Waals surface area contributed by atoms with Crippen molar-refractivity contribution in [2.75, 3.05) is 13.1 Å². The Labute approximate surface area is 522 Å². The van der Waals surface area contributed by atoms with Gasteiger partial charge in [-0.15, -0.1) is 0 Å². The maximum atomic E-state index is 14.9. The summed E-state index contributed by atoms with van der Waals surface area (Å²) in [5.74, 6) is -7.21. The molecule has 0 aliphatic carbocycles. The quantitative estimate of drug-likeness (QED) is 0.0566. The minimum absolute atomic E-state index is 0.0590. The van der Waals surface area contributed by atoms with Gasteiger partial charge in [-0.25, -0.2) is 0 Å². The molecule has 0 saturated carbocycles. The number of aromatic hydroxyl groups is 1. The van der Waals surface area contributed by atoms with Gasteiger partial charge in [-0.05, 0) is 99.0 Å². The summed E-state index contributed by atoms with van der Waals surface area (Å²) in [6.07, 6.45) is -7.33. The fourth-order valence-corrected chi connectivity index (χ4v) is 12.4. The van der Waals surface area contributed by atoms with Gasteiger partial charge in [0.25, 0.3) is 0 Å². The van der Waals surface area contributed by atoms with Gasteiger partial charge in [0.15, 0.2) is 0 Å². The van der Waals surface area contributed by atoms with Crippen LogP contribution >= 0.6 is 11.8 Å². The van der Waals surface area contributed by atoms with Crippen molar-refractivity contribution in [2.24, 2.45) is 17.6 Å². The molecular weight excluding hydrogens is 1170 g/mol. The summed E-state index contributed by atoms with van der Waals surface area (Å²) in [5, 5.41) is 102. The summed E-state index contributed by atoms with van der Waals surface area (Å²) in [6, 6.07) is 6.54. The number of carbonyl (C=O) groups excluding carboxylic acids is 8. The van der Waals surface area contributed by atoms with E-state index in [4.69, 9.17) is 10.5 Å². The van der Waals surface area contributed by atoms with Crippen LogP contribution in [0.2, 0.25) is 0 Å². The van der Waals surface area contributed by atoms with E-state index in [1.54, 1.807) is 36.4 Å². The molecule has 0 aromatic heterocycles. The Kier molecular flexibility index (Phi) is 27.0. The number of hydrogen-bond donors (Lipinski definition) is 14. The fraction of sp³-hybridized carbons (Fsp3) is 0.587. The number of rotatable bonds is 24. The van der Waals surface area contributed by atoms with Crippen LogP contribution in [0, 0.1) is 18.8 Å². The lowest BCUT2D eigenvalue weighted by Gasteiger charge is -2.34. The second-order valence-electron chi connectivity index (χ2n) is 24.1. The minimum Gasteiger partial charge on any atom is -0.508 e. The maximum Gasteiger partial charge on any atom is 0.248 e. The first kappa shape index (κ1) is 71.2. The first-order valence-corrected chi connectivity index (χ1v) is 31.6. The maximum absolute atomic E-state index is 14.9. The highest BCUT2D eigenvalue weighted by Crippen LogP contribution is 2.32. The number of ether oxygens (including phenoxy) is 1. The predicted octanol–water partition coefficient (Wildman–Crippen LogP) is 1.56. The van der Waals surface area contributed by atoms with Crippen LogP contribution in [0.15, 0.2) is 77.7 Å². The van der Waals surface area contributed by atoms with Gasteiger partial charge in [0.2, 0.25) is 47.3 Å². The molecule has 3 saturated heterocycles. The Bertz CT molecular complexity index is 2850. The number of phenols is 1. The first-order valence-electron chi connectivity index (χ1n) is 30.7. The number of nitrogens with zero attached hydrogens (tertiary/aromatic N) is 2. The van der Waals surface area contributed by atoms with E-state index in [-0.39, 0.29) is 24.2 Å². The molecule has 3 aromatic carbocycles. The number of unbranched alkanes of at least 4 members (excludes halogenated alkanes) is 5. The van der Waals surface area contributed by atoms with Crippen molar-refractivity contribution in [1.82, 2.24) is 36.4 Å². The van der Waals surface area contributed by atoms with Crippen LogP contribution < -0.4 is 37.1 Å². The molecule has 6 rings (SSSR count). The highest BCUT2D eigenvalue weighted by atomic mass is 32.2. The SMILES string of the molecule is CCC(C)CC(C)CCCCCCCCC(=O)N[C@H]1C[C@@H](O)[C@@H](Sc2ccc(Oc3ccc(C)cc3)cc2)NC(=O)[C@@H]2[C@@H](O)CCN2C(=O)[C@H]([C@H](O)CC(N)=O)NC(=O)[C@H]([C@H](O)[C@@H](O)c2ccc(O)cc2)NC(=O)[C@@H]2C[C@@H](O)CN2C(=O)[C@H]([C@@H](C)O)NC1=O. The van der Waals surface area contributed by atoms with Crippen LogP contribution in [0.3, 0.4) is 0 Å². The molecule has 0 radical (unpaired) electrons. The van der Waals surface area contributed by atoms with Crippen molar-refractivity contribution in [1.29, 1.82) is 0 Å². The van der Waals surface area contributed by atoms with E-state index in [1.807, 2.05) is 19.1 Å². The van der Waals surface area contributed by atoms with E-state index < -0.39 is 164 Å². The molecule has 89 heavy (non-hydrogen) atoms. The van der Waals surface area contributed by atoms with E-state index >= 15 is 0 Å². The van der Waals surface area contributed by atoms with Crippen molar-refractivity contribution in [3.8, 4) is 17.2 Å². The molecule has 15 N–H and O–H groups in total. The third-order valence-electron chi connectivity index (χ3n) is 16.6. The van der Waals surface area contributed by atoms with Gasteiger partial charge in [-0.1, -0.05) is 107 Å². The summed E-state index contributed by atoms with van der Waals surface area (Å²) in [5.41, 5.74) is 6.35. The van der Waals surface area contributed by atoms with E-state index in [2.05, 4.69) is 47.4 Å². The number of aliphatic hydroxyl groups excluding tert-OH is 7. The number of nitrogens with one attached hydrogen (secondary N) is 5. The summed E-state index contributed by atoms with van der Waals surface area (Å²) in [7, 11) is 0. The van der Waals surface area contributed by atoms with E-state index in [0.717, 1.165) is 84.7 Å². The molecule has 490 valence electrons. The number of nitrogens with two attached hydrogens (primary N) is 1. The van der Waals surface area contributed by atoms with E-state index in [1.165, 1.54) is 18.6 Å². The molecule has 8 amide bonds. The summed E-state index contributed by atoms with van der Waals surface area (Å²) >= 11 is 0.860. The largest absolute Gasteiger partial charge is 0.508 e. The third kappa shape index (κ3) is 20.6. The lowest BCUT2D eigenvalue weighted by molar-refractivity contribution is -0.148. The van der Waals surface area contributed by atoms with Crippen LogP contribution in [0.4, 0.5) is 0 Å². The Morgan fingerprint density at radius 2 is 1.29 bits per heavy atom. The zero-order valence-electron chi connectivity index (χ0n) is 51.1. The smallest absolute Gasteiger partial charge is 0.248 e. The molecule has 3 aliphatic heterocycles. The lowest BCUT2D eigenvalue weighted by Crippen LogP contribution is -2.64. The number of hydrogen-bond acceptors (Lipinski definition) is 18. The highest BCUT2D eigenvalue weighted by Gasteiger charge is 2.49. The van der Waals surface area contributed by atoms with Crippen LogP contribution in [0.5, 0.6) is 17.2 Å². The van der Waals surface area contributed by atoms with Crippen LogP contribution in [0.25, 0.3) is 0 Å². The van der Waals surface area contributed by atoms with Crippen molar-refractivity contribution < 1.29 is 83.9 Å². The van der Waals surface area contributed by atoms with E-state index in [0.29, 0.717) is 41.1 Å². The Hall–Kier alpha value is -6.91. The zero-order chi connectivity index (χ0) is 65.2. The van der Waals surface area contributed by atoms with Gasteiger partial charge in [0, 0.05) is 37.2 Å². The summed E-state index contributed by atoms with van der Waals surface area (Å²) in [4.78, 5) is 117. The normalized spacial score (nSPS) is 26.2. The molecule has 25 nitrogen and oxygen atoms in total. The number of primary amides is 1. The van der Waals surface area contributed by atoms with Gasteiger partial charge < -0.3 is 87.7 Å². The van der Waals surface area contributed by atoms with Crippen LogP contribution in [-0.4, -0.2) is 189 Å². The van der Waals surface area contributed by atoms with Gasteiger partial charge in [-0.2, -0.15) is 0 Å². The zero-order valence-corrected chi connectivity index (χ0v) is 51.9. The molecule has 16 atom stereocenters. The molecule has 3 heterocycles. The molecular formula is C63H90N8O17S. The van der Waals surface area contributed by atoms with Gasteiger partial charge in [0.1, 0.15) is 71.1 Å². The summed E-state index contributed by atoms with van der Waals surface area (Å²) < 4.78 is 6.01. The predicted molar refractivity (Wildman–Crippen MR) is 327 cm³/mol. The van der Waals surface area contributed by atoms with Crippen molar-refractivity contribution in [3.63, 3.8) is 0 Å². The number of benzene rings is 3.